The van der Waals surface area contributed by atoms with Gasteiger partial charge in [0.2, 0.25) is 0 Å². The Morgan fingerprint density at radius 1 is 1.14 bits per heavy atom. The van der Waals surface area contributed by atoms with Gasteiger partial charge < -0.3 is 0 Å². The zero-order valence-electron chi connectivity index (χ0n) is 11.2. The lowest BCUT2D eigenvalue weighted by Gasteiger charge is -2.14. The van der Waals surface area contributed by atoms with Crippen LogP contribution in [0.25, 0.3) is 0 Å². The van der Waals surface area contributed by atoms with Crippen LogP contribution in [0.1, 0.15) is 11.1 Å². The van der Waals surface area contributed by atoms with Crippen LogP contribution in [0.3, 0.4) is 0 Å². The molecule has 0 heterocycles. The second-order valence-electron chi connectivity index (χ2n) is 4.60. The zero-order chi connectivity index (χ0) is 15.8. The smallest absolute Gasteiger partial charge is 0.262 e. The molecule has 0 radical (unpaired) electrons. The van der Waals surface area contributed by atoms with Gasteiger partial charge in [0.1, 0.15) is 5.82 Å². The summed E-state index contributed by atoms with van der Waals surface area (Å²) in [5, 5.41) is 0.308. The highest BCUT2D eigenvalue weighted by Crippen LogP contribution is 2.28. The van der Waals surface area contributed by atoms with E-state index in [1.165, 1.54) is 12.1 Å². The molecule has 2 aromatic carbocycles. The van der Waals surface area contributed by atoms with E-state index in [9.17, 15) is 12.8 Å². The number of benzene rings is 2. The molecule has 0 aliphatic heterocycles. The third-order valence-corrected chi connectivity index (χ3v) is 5.52. The standard InChI is InChI=1S/C14H12ClFINO2S/c1-8-5-10(16)6-9(2)14(8)21(19,20)18-13-4-3-11(17)7-12(13)15/h3-7,18H,1-2H3. The Balaban J connectivity index is 2.48. The van der Waals surface area contributed by atoms with Crippen molar-refractivity contribution < 1.29 is 12.8 Å². The van der Waals surface area contributed by atoms with Crippen LogP contribution in [-0.2, 0) is 10.0 Å². The summed E-state index contributed by atoms with van der Waals surface area (Å²) in [4.78, 5) is 0.0681. The number of hydrogen-bond acceptors (Lipinski definition) is 2. The third-order valence-electron chi connectivity index (χ3n) is 2.87. The minimum Gasteiger partial charge on any atom is -0.278 e. The highest BCUT2D eigenvalue weighted by Gasteiger charge is 2.21. The topological polar surface area (TPSA) is 46.2 Å². The summed E-state index contributed by atoms with van der Waals surface area (Å²) in [6.07, 6.45) is 0. The van der Waals surface area contributed by atoms with Crippen LogP contribution in [0.2, 0.25) is 5.02 Å². The van der Waals surface area contributed by atoms with E-state index in [1.807, 2.05) is 0 Å². The molecule has 0 bridgehead atoms. The van der Waals surface area contributed by atoms with Gasteiger partial charge in [-0.3, -0.25) is 4.72 Å². The van der Waals surface area contributed by atoms with E-state index in [-0.39, 0.29) is 4.90 Å². The van der Waals surface area contributed by atoms with Crippen molar-refractivity contribution in [2.45, 2.75) is 18.7 Å². The molecule has 2 rings (SSSR count). The van der Waals surface area contributed by atoms with Crippen LogP contribution in [0.15, 0.2) is 35.2 Å². The van der Waals surface area contributed by atoms with Gasteiger partial charge >= 0.3 is 0 Å². The Labute approximate surface area is 141 Å². The molecule has 21 heavy (non-hydrogen) atoms. The van der Waals surface area contributed by atoms with Crippen molar-refractivity contribution in [2.24, 2.45) is 0 Å². The summed E-state index contributed by atoms with van der Waals surface area (Å²) >= 11 is 8.12. The fraction of sp³-hybridized carbons (Fsp3) is 0.143. The molecule has 0 aromatic heterocycles. The molecule has 0 spiro atoms. The summed E-state index contributed by atoms with van der Waals surface area (Å²) in [6, 6.07) is 7.38. The lowest BCUT2D eigenvalue weighted by Crippen LogP contribution is -2.16. The maximum absolute atomic E-state index is 13.3. The number of hydrogen-bond donors (Lipinski definition) is 1. The van der Waals surface area contributed by atoms with E-state index in [4.69, 9.17) is 11.6 Å². The van der Waals surface area contributed by atoms with Crippen LogP contribution in [0.4, 0.5) is 10.1 Å². The number of aryl methyl sites for hydroxylation is 2. The molecule has 0 aliphatic rings. The van der Waals surface area contributed by atoms with E-state index in [2.05, 4.69) is 27.3 Å². The predicted octanol–water partition coefficient (Wildman–Crippen LogP) is 4.50. The fourth-order valence-electron chi connectivity index (χ4n) is 2.09. The second-order valence-corrected chi connectivity index (χ2v) is 7.87. The van der Waals surface area contributed by atoms with E-state index in [0.717, 1.165) is 3.57 Å². The average Bonchev–Trinajstić information content (AvgIpc) is 2.30. The Kier molecular flexibility index (Phi) is 4.79. The summed E-state index contributed by atoms with van der Waals surface area (Å²) in [5.41, 5.74) is 0.989. The van der Waals surface area contributed by atoms with Gasteiger partial charge in [-0.1, -0.05) is 11.6 Å². The van der Waals surface area contributed by atoms with Crippen LogP contribution in [0.5, 0.6) is 0 Å². The van der Waals surface area contributed by atoms with Gasteiger partial charge in [-0.15, -0.1) is 0 Å². The number of nitrogens with one attached hydrogen (secondary N) is 1. The molecule has 0 fully saturated rings. The van der Waals surface area contributed by atoms with Gasteiger partial charge in [0, 0.05) is 3.57 Å². The first-order valence-electron chi connectivity index (χ1n) is 5.95. The van der Waals surface area contributed by atoms with Gasteiger partial charge in [0.15, 0.2) is 0 Å². The maximum atomic E-state index is 13.3. The van der Waals surface area contributed by atoms with Gasteiger partial charge in [0.05, 0.1) is 15.6 Å². The van der Waals surface area contributed by atoms with E-state index >= 15 is 0 Å². The highest BCUT2D eigenvalue weighted by molar-refractivity contribution is 14.1. The Hall–Kier alpha value is -0.860. The minimum atomic E-state index is -3.83. The summed E-state index contributed by atoms with van der Waals surface area (Å²) < 4.78 is 41.6. The molecule has 0 saturated carbocycles. The largest absolute Gasteiger partial charge is 0.278 e. The van der Waals surface area contributed by atoms with Crippen LogP contribution in [0, 0.1) is 23.2 Å². The van der Waals surface area contributed by atoms with Crippen molar-refractivity contribution >= 4 is 49.9 Å². The molecule has 0 aliphatic carbocycles. The van der Waals surface area contributed by atoms with Crippen molar-refractivity contribution in [1.82, 2.24) is 0 Å². The molecule has 1 N–H and O–H groups in total. The molecule has 112 valence electrons. The fourth-order valence-corrected chi connectivity index (χ4v) is 4.58. The number of sulfonamides is 1. The quantitative estimate of drug-likeness (QED) is 0.716. The van der Waals surface area contributed by atoms with Crippen LogP contribution < -0.4 is 4.72 Å². The lowest BCUT2D eigenvalue weighted by atomic mass is 10.1. The minimum absolute atomic E-state index is 0.0681. The van der Waals surface area contributed by atoms with Crippen molar-refractivity contribution in [3.63, 3.8) is 0 Å². The monoisotopic (exact) mass is 439 g/mol. The molecule has 0 unspecified atom stereocenters. The van der Waals surface area contributed by atoms with Crippen molar-refractivity contribution in [1.29, 1.82) is 0 Å². The Morgan fingerprint density at radius 3 is 2.24 bits per heavy atom. The number of anilines is 1. The molecule has 0 amide bonds. The zero-order valence-corrected chi connectivity index (χ0v) is 15.0. The number of halogens is 3. The van der Waals surface area contributed by atoms with Crippen LogP contribution in [-0.4, -0.2) is 8.42 Å². The van der Waals surface area contributed by atoms with E-state index in [0.29, 0.717) is 21.8 Å². The van der Waals surface area contributed by atoms with E-state index in [1.54, 1.807) is 32.0 Å². The molecule has 3 nitrogen and oxygen atoms in total. The Bertz CT molecular complexity index is 786. The Morgan fingerprint density at radius 2 is 1.71 bits per heavy atom. The summed E-state index contributed by atoms with van der Waals surface area (Å²) in [6.45, 7) is 3.11. The first-order chi connectivity index (χ1) is 9.70. The molecule has 0 saturated heterocycles. The van der Waals surface area contributed by atoms with Crippen molar-refractivity contribution in [3.05, 3.63) is 55.9 Å². The maximum Gasteiger partial charge on any atom is 0.262 e. The van der Waals surface area contributed by atoms with Crippen molar-refractivity contribution in [3.8, 4) is 0 Å². The van der Waals surface area contributed by atoms with Crippen LogP contribution >= 0.6 is 34.2 Å². The molecule has 0 atom stereocenters. The average molecular weight is 440 g/mol. The van der Waals surface area contributed by atoms with E-state index < -0.39 is 15.8 Å². The molecule has 7 heteroatoms. The van der Waals surface area contributed by atoms with Gasteiger partial charge in [0.25, 0.3) is 10.0 Å². The van der Waals surface area contributed by atoms with Gasteiger partial charge in [-0.05, 0) is 77.9 Å². The second kappa shape index (κ2) is 6.10. The normalized spacial score (nSPS) is 11.5. The molecular formula is C14H12ClFINO2S. The van der Waals surface area contributed by atoms with Crippen molar-refractivity contribution in [2.75, 3.05) is 4.72 Å². The van der Waals surface area contributed by atoms with Gasteiger partial charge in [-0.2, -0.15) is 0 Å². The molecular weight excluding hydrogens is 428 g/mol. The first-order valence-corrected chi connectivity index (χ1v) is 8.89. The summed E-state index contributed by atoms with van der Waals surface area (Å²) in [5.74, 6) is -0.462. The third kappa shape index (κ3) is 3.67. The number of rotatable bonds is 3. The molecule has 2 aromatic rings. The summed E-state index contributed by atoms with van der Waals surface area (Å²) in [7, 11) is -3.83. The SMILES string of the molecule is Cc1cc(F)cc(C)c1S(=O)(=O)Nc1ccc(I)cc1Cl. The first kappa shape index (κ1) is 16.5. The highest BCUT2D eigenvalue weighted by atomic mass is 127. The predicted molar refractivity (Wildman–Crippen MR) is 90.9 cm³/mol. The lowest BCUT2D eigenvalue weighted by molar-refractivity contribution is 0.597. The van der Waals surface area contributed by atoms with Gasteiger partial charge in [-0.25, -0.2) is 12.8 Å².